The molecule has 6 heteroatoms. The summed E-state index contributed by atoms with van der Waals surface area (Å²) in [5, 5.41) is 16.0. The van der Waals surface area contributed by atoms with Gasteiger partial charge in [0.1, 0.15) is 6.04 Å². The third-order valence-electron chi connectivity index (χ3n) is 4.15. The first-order chi connectivity index (χ1) is 9.50. The molecule has 0 saturated heterocycles. The maximum Gasteiger partial charge on any atom is 0.326 e. The maximum absolute atomic E-state index is 12.2. The number of nitrogens with zero attached hydrogens (tertiary/aromatic N) is 2. The molecule has 20 heavy (non-hydrogen) atoms. The molecule has 1 aromatic heterocycles. The van der Waals surface area contributed by atoms with Gasteiger partial charge in [-0.05, 0) is 25.7 Å². The van der Waals surface area contributed by atoms with Crippen LogP contribution >= 0.6 is 0 Å². The highest BCUT2D eigenvalue weighted by Crippen LogP contribution is 2.27. The van der Waals surface area contributed by atoms with Crippen LogP contribution in [0, 0.1) is 12.8 Å². The van der Waals surface area contributed by atoms with E-state index in [0.29, 0.717) is 5.56 Å². The van der Waals surface area contributed by atoms with Gasteiger partial charge in [-0.2, -0.15) is 5.10 Å². The topological polar surface area (TPSA) is 84.2 Å². The minimum Gasteiger partial charge on any atom is -0.480 e. The van der Waals surface area contributed by atoms with Crippen LogP contribution in [-0.4, -0.2) is 32.8 Å². The van der Waals surface area contributed by atoms with Crippen LogP contribution < -0.4 is 5.32 Å². The summed E-state index contributed by atoms with van der Waals surface area (Å²) in [5.74, 6) is -1.28. The van der Waals surface area contributed by atoms with Gasteiger partial charge in [0.25, 0.3) is 5.91 Å². The zero-order chi connectivity index (χ0) is 14.7. The van der Waals surface area contributed by atoms with Gasteiger partial charge in [0, 0.05) is 12.7 Å². The summed E-state index contributed by atoms with van der Waals surface area (Å²) >= 11 is 0. The first-order valence-corrected chi connectivity index (χ1v) is 7.03. The molecule has 1 atom stereocenters. The Kier molecular flexibility index (Phi) is 4.42. The van der Waals surface area contributed by atoms with Crippen molar-refractivity contribution in [2.45, 2.75) is 45.1 Å². The van der Waals surface area contributed by atoms with Crippen molar-refractivity contribution in [1.29, 1.82) is 0 Å². The second-order valence-electron chi connectivity index (χ2n) is 5.45. The van der Waals surface area contributed by atoms with Crippen molar-refractivity contribution in [3.8, 4) is 0 Å². The molecular formula is C14H21N3O3. The van der Waals surface area contributed by atoms with Crippen LogP contribution in [-0.2, 0) is 11.8 Å². The lowest BCUT2D eigenvalue weighted by Crippen LogP contribution is -2.46. The number of carboxylic acid groups (broad SMARTS) is 1. The zero-order valence-corrected chi connectivity index (χ0v) is 11.9. The normalized spacial score (nSPS) is 17.7. The summed E-state index contributed by atoms with van der Waals surface area (Å²) in [6, 6.07) is -0.803. The van der Waals surface area contributed by atoms with Crippen molar-refractivity contribution in [1.82, 2.24) is 15.1 Å². The van der Waals surface area contributed by atoms with Crippen molar-refractivity contribution >= 4 is 11.9 Å². The van der Waals surface area contributed by atoms with E-state index in [4.69, 9.17) is 0 Å². The Labute approximate surface area is 118 Å². The lowest BCUT2D eigenvalue weighted by atomic mass is 9.84. The lowest BCUT2D eigenvalue weighted by molar-refractivity contribution is -0.141. The van der Waals surface area contributed by atoms with Crippen LogP contribution in [0.25, 0.3) is 0 Å². The number of carbonyl (C=O) groups excluding carboxylic acids is 1. The third kappa shape index (κ3) is 3.00. The van der Waals surface area contributed by atoms with Crippen molar-refractivity contribution in [3.05, 3.63) is 17.5 Å². The Morgan fingerprint density at radius 1 is 1.40 bits per heavy atom. The van der Waals surface area contributed by atoms with Gasteiger partial charge >= 0.3 is 5.97 Å². The number of aryl methyl sites for hydroxylation is 1. The molecule has 0 aliphatic heterocycles. The highest BCUT2D eigenvalue weighted by Gasteiger charge is 2.31. The van der Waals surface area contributed by atoms with Gasteiger partial charge in [-0.1, -0.05) is 19.3 Å². The molecule has 6 nitrogen and oxygen atoms in total. The van der Waals surface area contributed by atoms with Gasteiger partial charge in [0.15, 0.2) is 0 Å². The number of amides is 1. The van der Waals surface area contributed by atoms with Gasteiger partial charge in [-0.25, -0.2) is 4.79 Å². The minimum absolute atomic E-state index is 0.0298. The van der Waals surface area contributed by atoms with E-state index in [9.17, 15) is 14.7 Å². The Bertz CT molecular complexity index is 504. The Balaban J connectivity index is 2.09. The number of nitrogens with one attached hydrogen (secondary N) is 1. The standard InChI is InChI=1S/C14H21N3O3/c1-9-11(8-15-17(9)2)13(18)16-12(14(19)20)10-6-4-3-5-7-10/h8,10,12H,3-7H2,1-2H3,(H,16,18)(H,19,20). The number of hydrogen-bond acceptors (Lipinski definition) is 3. The van der Waals surface area contributed by atoms with Crippen LogP contribution in [0.5, 0.6) is 0 Å². The number of aliphatic carboxylic acids is 1. The number of carbonyl (C=O) groups is 2. The first kappa shape index (κ1) is 14.6. The van der Waals surface area contributed by atoms with Crippen molar-refractivity contribution < 1.29 is 14.7 Å². The Hall–Kier alpha value is -1.85. The number of aromatic nitrogens is 2. The lowest BCUT2D eigenvalue weighted by Gasteiger charge is -2.27. The molecule has 1 aromatic rings. The van der Waals surface area contributed by atoms with Crippen molar-refractivity contribution in [3.63, 3.8) is 0 Å². The Morgan fingerprint density at radius 3 is 2.55 bits per heavy atom. The molecule has 0 bridgehead atoms. The molecule has 1 aliphatic carbocycles. The molecule has 1 unspecified atom stereocenters. The van der Waals surface area contributed by atoms with E-state index in [2.05, 4.69) is 10.4 Å². The zero-order valence-electron chi connectivity index (χ0n) is 11.9. The molecule has 1 amide bonds. The second-order valence-corrected chi connectivity index (χ2v) is 5.45. The smallest absolute Gasteiger partial charge is 0.326 e. The van der Waals surface area contributed by atoms with E-state index in [0.717, 1.165) is 37.8 Å². The molecule has 1 aliphatic rings. The van der Waals surface area contributed by atoms with E-state index < -0.39 is 12.0 Å². The molecule has 0 spiro atoms. The number of hydrogen-bond donors (Lipinski definition) is 2. The molecule has 0 radical (unpaired) electrons. The van der Waals surface area contributed by atoms with Crippen molar-refractivity contribution in [2.75, 3.05) is 0 Å². The van der Waals surface area contributed by atoms with Gasteiger partial charge in [-0.3, -0.25) is 9.48 Å². The summed E-state index contributed by atoms with van der Waals surface area (Å²) in [6.07, 6.45) is 6.43. The molecule has 1 fully saturated rings. The van der Waals surface area contributed by atoms with Gasteiger partial charge in [-0.15, -0.1) is 0 Å². The van der Waals surface area contributed by atoms with E-state index in [1.165, 1.54) is 6.20 Å². The molecule has 1 saturated carbocycles. The highest BCUT2D eigenvalue weighted by molar-refractivity contribution is 5.97. The SMILES string of the molecule is Cc1c(C(=O)NC(C(=O)O)C2CCCCC2)cnn1C. The first-order valence-electron chi connectivity index (χ1n) is 7.03. The minimum atomic E-state index is -0.952. The second kappa shape index (κ2) is 6.07. The number of carboxylic acids is 1. The monoisotopic (exact) mass is 279 g/mol. The Morgan fingerprint density at radius 2 is 2.05 bits per heavy atom. The largest absolute Gasteiger partial charge is 0.480 e. The molecule has 0 aromatic carbocycles. The van der Waals surface area contributed by atoms with Crippen molar-refractivity contribution in [2.24, 2.45) is 13.0 Å². The fourth-order valence-electron chi connectivity index (χ4n) is 2.79. The van der Waals surface area contributed by atoms with Crippen LogP contribution in [0.3, 0.4) is 0 Å². The summed E-state index contributed by atoms with van der Waals surface area (Å²) in [5.41, 5.74) is 1.17. The number of rotatable bonds is 4. The molecule has 110 valence electrons. The van der Waals surface area contributed by atoms with Gasteiger partial charge in [0.05, 0.1) is 11.8 Å². The maximum atomic E-state index is 12.2. The van der Waals surface area contributed by atoms with Gasteiger partial charge < -0.3 is 10.4 Å². The summed E-state index contributed by atoms with van der Waals surface area (Å²) in [6.45, 7) is 1.79. The quantitative estimate of drug-likeness (QED) is 0.874. The summed E-state index contributed by atoms with van der Waals surface area (Å²) in [4.78, 5) is 23.6. The summed E-state index contributed by atoms with van der Waals surface area (Å²) in [7, 11) is 1.75. The van der Waals surface area contributed by atoms with E-state index in [-0.39, 0.29) is 11.8 Å². The predicted molar refractivity (Wildman–Crippen MR) is 73.4 cm³/mol. The van der Waals surface area contributed by atoms with Gasteiger partial charge in [0.2, 0.25) is 0 Å². The fourth-order valence-corrected chi connectivity index (χ4v) is 2.79. The third-order valence-corrected chi connectivity index (χ3v) is 4.15. The molecule has 2 rings (SSSR count). The van der Waals surface area contributed by atoms with E-state index in [1.54, 1.807) is 18.7 Å². The predicted octanol–water partition coefficient (Wildman–Crippen LogP) is 1.49. The van der Waals surface area contributed by atoms with Crippen LogP contribution in [0.15, 0.2) is 6.20 Å². The van der Waals surface area contributed by atoms with Crippen LogP contribution in [0.4, 0.5) is 0 Å². The highest BCUT2D eigenvalue weighted by atomic mass is 16.4. The molecular weight excluding hydrogens is 258 g/mol. The molecule has 1 heterocycles. The summed E-state index contributed by atoms with van der Waals surface area (Å²) < 4.78 is 1.60. The van der Waals surface area contributed by atoms with Crippen LogP contribution in [0.1, 0.15) is 48.2 Å². The van der Waals surface area contributed by atoms with E-state index >= 15 is 0 Å². The van der Waals surface area contributed by atoms with E-state index in [1.807, 2.05) is 0 Å². The fraction of sp³-hybridized carbons (Fsp3) is 0.643. The molecule has 2 N–H and O–H groups in total. The van der Waals surface area contributed by atoms with Crippen LogP contribution in [0.2, 0.25) is 0 Å². The average Bonchev–Trinajstić information content (AvgIpc) is 2.77. The average molecular weight is 279 g/mol.